The summed E-state index contributed by atoms with van der Waals surface area (Å²) in [7, 11) is 0. The molecule has 9 nitrogen and oxygen atoms in total. The molecular formula is C11H17N3O6S. The number of carbonyl (C=O) groups is 3. The van der Waals surface area contributed by atoms with Gasteiger partial charge in [0.25, 0.3) is 0 Å². The van der Waals surface area contributed by atoms with Gasteiger partial charge in [0.05, 0.1) is 0 Å². The monoisotopic (exact) mass is 319 g/mol. The number of carboxylic acid groups (broad SMARTS) is 3. The highest BCUT2D eigenvalue weighted by molar-refractivity contribution is 7.80. The van der Waals surface area contributed by atoms with E-state index in [0.717, 1.165) is 5.01 Å². The van der Waals surface area contributed by atoms with Gasteiger partial charge in [-0.3, -0.25) is 14.4 Å². The molecule has 1 rings (SSSR count). The fourth-order valence-corrected chi connectivity index (χ4v) is 2.49. The van der Waals surface area contributed by atoms with E-state index in [9.17, 15) is 19.5 Å². The number of hydrazine groups is 1. The Morgan fingerprint density at radius 3 is 2.38 bits per heavy atom. The summed E-state index contributed by atoms with van der Waals surface area (Å²) in [5.41, 5.74) is -1.57. The van der Waals surface area contributed by atoms with E-state index in [0.29, 0.717) is 0 Å². The van der Waals surface area contributed by atoms with Gasteiger partial charge in [-0.25, -0.2) is 5.84 Å². The minimum Gasteiger partial charge on any atom is -0.481 e. The van der Waals surface area contributed by atoms with Crippen molar-refractivity contribution in [3.8, 4) is 0 Å². The van der Waals surface area contributed by atoms with Crippen molar-refractivity contribution < 1.29 is 29.7 Å². The molecule has 0 radical (unpaired) electrons. The molecule has 1 heterocycles. The lowest BCUT2D eigenvalue weighted by Gasteiger charge is -2.30. The molecule has 2 atom stereocenters. The number of nitrogens with one attached hydrogen (secondary N) is 1. The van der Waals surface area contributed by atoms with Crippen molar-refractivity contribution in [3.63, 3.8) is 0 Å². The van der Waals surface area contributed by atoms with Crippen molar-refractivity contribution in [1.29, 1.82) is 0 Å². The molecule has 1 saturated heterocycles. The van der Waals surface area contributed by atoms with Crippen LogP contribution in [-0.2, 0) is 14.4 Å². The molecule has 0 spiro atoms. The number of hydrogen-bond acceptors (Lipinski definition) is 6. The van der Waals surface area contributed by atoms with Crippen molar-refractivity contribution >= 4 is 35.1 Å². The molecule has 21 heavy (non-hydrogen) atoms. The Morgan fingerprint density at radius 1 is 1.33 bits per heavy atom. The van der Waals surface area contributed by atoms with Crippen molar-refractivity contribution in [2.75, 3.05) is 13.1 Å². The molecule has 6 N–H and O–H groups in total. The normalized spacial score (nSPS) is 24.5. The second kappa shape index (κ2) is 6.78. The Kier molecular flexibility index (Phi) is 5.58. The summed E-state index contributed by atoms with van der Waals surface area (Å²) in [5, 5.41) is 30.5. The minimum absolute atomic E-state index is 0.0813. The standard InChI is InChI=1S/C11H17N3O6S/c12-14(3-1-2-7(15)16)9(21)11(10(19)20)4-6(8(17)18)13-5-11/h6,13H,1-5,12H2,(H,15,16)(H,17,18)(H,19,20)/t6-,11-/m1/s1. The van der Waals surface area contributed by atoms with Gasteiger partial charge in [-0.15, -0.1) is 0 Å². The second-order valence-corrected chi connectivity index (χ2v) is 5.25. The fraction of sp³-hybridized carbons (Fsp3) is 0.636. The van der Waals surface area contributed by atoms with Crippen LogP contribution in [0.25, 0.3) is 0 Å². The highest BCUT2D eigenvalue weighted by atomic mass is 32.1. The Bertz CT molecular complexity index is 471. The van der Waals surface area contributed by atoms with Crippen LogP contribution in [0.15, 0.2) is 0 Å². The molecule has 10 heteroatoms. The van der Waals surface area contributed by atoms with Crippen LogP contribution in [0.1, 0.15) is 19.3 Å². The largest absolute Gasteiger partial charge is 0.481 e. The number of hydrogen-bond donors (Lipinski definition) is 5. The number of nitrogens with zero attached hydrogens (tertiary/aromatic N) is 1. The van der Waals surface area contributed by atoms with Crippen molar-refractivity contribution in [2.24, 2.45) is 11.3 Å². The Labute approximate surface area is 125 Å². The molecule has 1 fully saturated rings. The smallest absolute Gasteiger partial charge is 0.320 e. The first kappa shape index (κ1) is 17.3. The predicted molar refractivity (Wildman–Crippen MR) is 74.5 cm³/mol. The van der Waals surface area contributed by atoms with E-state index in [1.165, 1.54) is 0 Å². The molecule has 1 aliphatic rings. The molecule has 0 bridgehead atoms. The molecule has 1 aliphatic heterocycles. The first-order chi connectivity index (χ1) is 9.70. The summed E-state index contributed by atoms with van der Waals surface area (Å²) in [6.45, 7) is -0.0529. The average molecular weight is 319 g/mol. The maximum atomic E-state index is 11.5. The van der Waals surface area contributed by atoms with Gasteiger partial charge in [-0.1, -0.05) is 12.2 Å². The van der Waals surface area contributed by atoms with Crippen LogP contribution in [0.3, 0.4) is 0 Å². The highest BCUT2D eigenvalue weighted by Crippen LogP contribution is 2.32. The molecule has 0 aromatic heterocycles. The topological polar surface area (TPSA) is 153 Å². The Balaban J connectivity index is 2.77. The SMILES string of the molecule is NN(CCCC(=O)O)C(=S)[C@]1(C(=O)O)CN[C@@H](C(=O)O)C1. The van der Waals surface area contributed by atoms with E-state index in [1.807, 2.05) is 0 Å². The van der Waals surface area contributed by atoms with Gasteiger partial charge in [-0.2, -0.15) is 0 Å². The van der Waals surface area contributed by atoms with Gasteiger partial charge in [-0.05, 0) is 12.8 Å². The zero-order valence-corrected chi connectivity index (χ0v) is 11.9. The van der Waals surface area contributed by atoms with E-state index >= 15 is 0 Å². The summed E-state index contributed by atoms with van der Waals surface area (Å²) in [4.78, 5) is 32.8. The maximum absolute atomic E-state index is 11.5. The first-order valence-electron chi connectivity index (χ1n) is 6.19. The molecular weight excluding hydrogens is 302 g/mol. The third-order valence-electron chi connectivity index (χ3n) is 3.37. The van der Waals surface area contributed by atoms with Gasteiger partial charge >= 0.3 is 17.9 Å². The molecule has 0 aromatic carbocycles. The molecule has 0 aromatic rings. The van der Waals surface area contributed by atoms with Crippen LogP contribution in [-0.4, -0.2) is 62.4 Å². The maximum Gasteiger partial charge on any atom is 0.320 e. The van der Waals surface area contributed by atoms with Crippen LogP contribution >= 0.6 is 12.2 Å². The van der Waals surface area contributed by atoms with Gasteiger partial charge in [0, 0.05) is 19.5 Å². The van der Waals surface area contributed by atoms with E-state index in [4.69, 9.17) is 28.3 Å². The molecule has 0 saturated carbocycles. The minimum atomic E-state index is -1.57. The van der Waals surface area contributed by atoms with Crippen LogP contribution < -0.4 is 11.2 Å². The van der Waals surface area contributed by atoms with Crippen molar-refractivity contribution in [3.05, 3.63) is 0 Å². The third kappa shape index (κ3) is 3.86. The first-order valence-corrected chi connectivity index (χ1v) is 6.59. The van der Waals surface area contributed by atoms with Gasteiger partial charge in [0.15, 0.2) is 0 Å². The molecule has 0 amide bonds. The van der Waals surface area contributed by atoms with Crippen LogP contribution in [0.4, 0.5) is 0 Å². The highest BCUT2D eigenvalue weighted by Gasteiger charge is 2.52. The number of rotatable bonds is 7. The third-order valence-corrected chi connectivity index (χ3v) is 4.00. The van der Waals surface area contributed by atoms with Crippen molar-refractivity contribution in [2.45, 2.75) is 25.3 Å². The van der Waals surface area contributed by atoms with E-state index in [2.05, 4.69) is 5.32 Å². The second-order valence-electron chi connectivity index (χ2n) is 4.86. The number of nitrogens with two attached hydrogens (primary N) is 1. The van der Waals surface area contributed by atoms with E-state index in [1.54, 1.807) is 0 Å². The number of carboxylic acids is 3. The lowest BCUT2D eigenvalue weighted by atomic mass is 9.84. The quantitative estimate of drug-likeness (QED) is 0.221. The van der Waals surface area contributed by atoms with E-state index in [-0.39, 0.29) is 37.3 Å². The lowest BCUT2D eigenvalue weighted by Crippen LogP contribution is -2.52. The van der Waals surface area contributed by atoms with E-state index < -0.39 is 29.4 Å². The summed E-state index contributed by atoms with van der Waals surface area (Å²) >= 11 is 5.08. The summed E-state index contributed by atoms with van der Waals surface area (Å²) in [6.07, 6.45) is -0.118. The number of thiocarbonyl (C=S) groups is 1. The molecule has 0 unspecified atom stereocenters. The zero-order valence-electron chi connectivity index (χ0n) is 11.1. The summed E-state index contributed by atoms with van der Waals surface area (Å²) in [6, 6.07) is -1.01. The fourth-order valence-electron chi connectivity index (χ4n) is 2.16. The predicted octanol–water partition coefficient (Wildman–Crippen LogP) is -1.13. The van der Waals surface area contributed by atoms with Gasteiger partial charge in [0.2, 0.25) is 0 Å². The van der Waals surface area contributed by atoms with Gasteiger partial charge in [0.1, 0.15) is 16.4 Å². The lowest BCUT2D eigenvalue weighted by molar-refractivity contribution is -0.144. The van der Waals surface area contributed by atoms with Crippen LogP contribution in [0.2, 0.25) is 0 Å². The van der Waals surface area contributed by atoms with Crippen LogP contribution in [0.5, 0.6) is 0 Å². The summed E-state index contributed by atoms with van der Waals surface area (Å²) < 4.78 is 0. The summed E-state index contributed by atoms with van der Waals surface area (Å²) in [5.74, 6) is 2.29. The van der Waals surface area contributed by atoms with Gasteiger partial charge < -0.3 is 25.6 Å². The molecule has 118 valence electrons. The van der Waals surface area contributed by atoms with Crippen molar-refractivity contribution in [1.82, 2.24) is 10.3 Å². The Hall–Kier alpha value is -1.78. The average Bonchev–Trinajstić information content (AvgIpc) is 2.83. The van der Waals surface area contributed by atoms with Crippen LogP contribution in [0, 0.1) is 5.41 Å². The zero-order chi connectivity index (χ0) is 16.2. The molecule has 0 aliphatic carbocycles. The number of aliphatic carboxylic acids is 3. The Morgan fingerprint density at radius 2 is 1.95 bits per heavy atom.